The minimum Gasteiger partial charge on any atom is -0.456 e. The molecular formula is C122H80O2. The quantitative estimate of drug-likeness (QED) is 0.142. The van der Waals surface area contributed by atoms with Gasteiger partial charge in [0.1, 0.15) is 22.3 Å². The number of hydrogen-bond acceptors (Lipinski definition) is 2. The molecular weight excluding hydrogens is 1500 g/mol. The zero-order valence-electron chi connectivity index (χ0n) is 69.1. The van der Waals surface area contributed by atoms with Gasteiger partial charge in [-0.3, -0.25) is 0 Å². The molecule has 2 heteroatoms. The van der Waals surface area contributed by atoms with Crippen molar-refractivity contribution in [1.82, 2.24) is 0 Å². The Kier molecular flexibility index (Phi) is 15.9. The summed E-state index contributed by atoms with van der Waals surface area (Å²) >= 11 is 0. The predicted molar refractivity (Wildman–Crippen MR) is 526 cm³/mol. The van der Waals surface area contributed by atoms with Gasteiger partial charge in [-0.1, -0.05) is 367 Å². The molecule has 24 aromatic rings. The van der Waals surface area contributed by atoms with Crippen LogP contribution in [0.3, 0.4) is 0 Å². The van der Waals surface area contributed by atoms with Gasteiger partial charge in [-0.25, -0.2) is 0 Å². The van der Waals surface area contributed by atoms with Crippen LogP contribution in [0.1, 0.15) is 49.9 Å². The molecule has 2 heterocycles. The summed E-state index contributed by atoms with van der Waals surface area (Å²) in [5.74, 6) is 0. The lowest BCUT2D eigenvalue weighted by atomic mass is 9.82. The van der Waals surface area contributed by atoms with Crippen LogP contribution in [0.5, 0.6) is 0 Å². The molecule has 0 aliphatic heterocycles. The minimum absolute atomic E-state index is 0.0655. The first-order chi connectivity index (χ1) is 61.0. The van der Waals surface area contributed by atoms with Gasteiger partial charge in [-0.05, 0) is 292 Å². The van der Waals surface area contributed by atoms with Crippen molar-refractivity contribution in [2.45, 2.75) is 38.5 Å². The van der Waals surface area contributed by atoms with Crippen LogP contribution in [0.15, 0.2) is 421 Å². The lowest BCUT2D eigenvalue weighted by Gasteiger charge is -2.21. The molecule has 0 amide bonds. The Morgan fingerprint density at radius 1 is 0.145 bits per heavy atom. The van der Waals surface area contributed by atoms with Gasteiger partial charge >= 0.3 is 0 Å². The van der Waals surface area contributed by atoms with Gasteiger partial charge in [0, 0.05) is 32.4 Å². The van der Waals surface area contributed by atoms with E-state index in [4.69, 9.17) is 8.83 Å². The molecule has 22 aromatic carbocycles. The minimum atomic E-state index is -0.0680. The second-order valence-corrected chi connectivity index (χ2v) is 35.2. The summed E-state index contributed by atoms with van der Waals surface area (Å²) in [7, 11) is 0. The summed E-state index contributed by atoms with van der Waals surface area (Å²) in [6.45, 7) is 9.44. The van der Waals surface area contributed by atoms with Gasteiger partial charge in [-0.2, -0.15) is 0 Å². The van der Waals surface area contributed by atoms with Crippen molar-refractivity contribution < 1.29 is 8.83 Å². The lowest BCUT2D eigenvalue weighted by molar-refractivity contribution is 0.661. The molecule has 580 valence electrons. The third kappa shape index (κ3) is 11.1. The monoisotopic (exact) mass is 1580 g/mol. The van der Waals surface area contributed by atoms with E-state index in [-0.39, 0.29) is 10.8 Å². The van der Waals surface area contributed by atoms with Gasteiger partial charge < -0.3 is 8.83 Å². The lowest BCUT2D eigenvalue weighted by Crippen LogP contribution is -2.14. The Morgan fingerprint density at radius 2 is 0.411 bits per heavy atom. The van der Waals surface area contributed by atoms with Gasteiger partial charge in [0.05, 0.1) is 0 Å². The topological polar surface area (TPSA) is 26.3 Å². The molecule has 0 spiro atoms. The first kappa shape index (κ1) is 71.4. The van der Waals surface area contributed by atoms with Crippen LogP contribution < -0.4 is 0 Å². The molecule has 26 rings (SSSR count). The molecule has 0 N–H and O–H groups in total. The highest BCUT2D eigenvalue weighted by Gasteiger charge is 2.39. The van der Waals surface area contributed by atoms with E-state index in [1.165, 1.54) is 220 Å². The highest BCUT2D eigenvalue weighted by atomic mass is 16.3. The van der Waals surface area contributed by atoms with Gasteiger partial charge in [0.25, 0.3) is 0 Å². The second-order valence-electron chi connectivity index (χ2n) is 35.2. The first-order valence-corrected chi connectivity index (χ1v) is 43.3. The molecule has 0 radical (unpaired) electrons. The Morgan fingerprint density at radius 3 is 0.839 bits per heavy atom. The molecule has 0 atom stereocenters. The van der Waals surface area contributed by atoms with Crippen LogP contribution in [0.2, 0.25) is 0 Å². The summed E-state index contributed by atoms with van der Waals surface area (Å²) < 4.78 is 13.1. The predicted octanol–water partition coefficient (Wildman–Crippen LogP) is 34.3. The third-order valence-electron chi connectivity index (χ3n) is 27.7. The number of rotatable bonds is 8. The summed E-state index contributed by atoms with van der Waals surface area (Å²) in [5.41, 5.74) is 33.9. The molecule has 2 aliphatic rings. The van der Waals surface area contributed by atoms with Crippen LogP contribution in [-0.4, -0.2) is 0 Å². The molecule has 0 saturated heterocycles. The zero-order chi connectivity index (χ0) is 82.2. The van der Waals surface area contributed by atoms with E-state index in [0.29, 0.717) is 0 Å². The first-order valence-electron chi connectivity index (χ1n) is 43.3. The standard InChI is InChI=1S/2C61H40O/c1-61(2)54-29-26-43(35-53(54)60-46-14-6-5-12-39(46)25-30-55(60)61)44-27-31-56-51(34-44)52-36-45(28-32-57(52)62-56)59-49-17-9-7-15-47(49)58(48-16-8-10-18-50(48)59)40-22-19-38(20-23-40)42-24-21-37-11-3-4-13-41(37)33-42;1-61(2)54-29-26-40(35-53(54)60-45-17-6-5-14-38(45)25-30-55(60)61)41-27-31-56-51(34-41)52-36-43(28-32-57(52)62-56)58-47-19-9-11-21-49(47)59(50-22-12-10-20-48(50)58)46-18-8-7-16-44(46)42-24-23-37-13-3-4-15-39(37)33-42/h2*3-36H,1-2H3. The van der Waals surface area contributed by atoms with E-state index in [2.05, 4.69) is 440 Å². The van der Waals surface area contributed by atoms with Crippen molar-refractivity contribution >= 4 is 130 Å². The maximum atomic E-state index is 6.56. The van der Waals surface area contributed by atoms with Crippen molar-refractivity contribution in [3.05, 3.63) is 435 Å². The summed E-state index contributed by atoms with van der Waals surface area (Å²) in [5, 5.41) is 24.6. The summed E-state index contributed by atoms with van der Waals surface area (Å²) in [4.78, 5) is 0. The molecule has 2 nitrogen and oxygen atoms in total. The average molecular weight is 1580 g/mol. The van der Waals surface area contributed by atoms with Gasteiger partial charge in [0.2, 0.25) is 0 Å². The average Bonchev–Trinajstić information content (AvgIpc) is 1.20. The Balaban J connectivity index is 0.000000136. The Bertz CT molecular complexity index is 8560. The van der Waals surface area contributed by atoms with Crippen molar-refractivity contribution in [2.75, 3.05) is 0 Å². The van der Waals surface area contributed by atoms with Crippen LogP contribution >= 0.6 is 0 Å². The molecule has 0 saturated carbocycles. The van der Waals surface area contributed by atoms with E-state index in [0.717, 1.165) is 43.9 Å². The maximum Gasteiger partial charge on any atom is 0.135 e. The zero-order valence-corrected chi connectivity index (χ0v) is 69.1. The van der Waals surface area contributed by atoms with Crippen molar-refractivity contribution in [3.63, 3.8) is 0 Å². The fourth-order valence-electron chi connectivity index (χ4n) is 21.6. The third-order valence-corrected chi connectivity index (χ3v) is 27.7. The van der Waals surface area contributed by atoms with Gasteiger partial charge in [-0.15, -0.1) is 0 Å². The molecule has 124 heavy (non-hydrogen) atoms. The summed E-state index contributed by atoms with van der Waals surface area (Å²) in [6, 6.07) is 152. The maximum absolute atomic E-state index is 6.56. The summed E-state index contributed by atoms with van der Waals surface area (Å²) in [6.07, 6.45) is 0. The molecule has 2 aromatic heterocycles. The van der Waals surface area contributed by atoms with E-state index in [1.807, 2.05) is 0 Å². The highest BCUT2D eigenvalue weighted by Crippen LogP contribution is 2.56. The SMILES string of the molecule is CC1(C)c2ccc(-c3ccc4oc5ccc(-c6c7ccccc7c(-c7ccc(-c8ccc9ccccc9c8)cc7)c7ccccc67)cc5c4c3)cc2-c2c1ccc1ccccc21.CC1(C)c2ccc(-c3ccc4oc5ccc(-c6c7ccccc7c(-c7ccccc7-c7ccc8ccccc8c7)c7ccccc67)cc5c4c3)cc2-c2c1ccc1ccccc21. The van der Waals surface area contributed by atoms with Crippen molar-refractivity contribution in [1.29, 1.82) is 0 Å². The van der Waals surface area contributed by atoms with Gasteiger partial charge in [0.15, 0.2) is 0 Å². The van der Waals surface area contributed by atoms with Crippen LogP contribution in [0.25, 0.3) is 241 Å². The largest absolute Gasteiger partial charge is 0.456 e. The number of benzene rings is 22. The molecule has 0 fully saturated rings. The normalized spacial score (nSPS) is 13.1. The smallest absolute Gasteiger partial charge is 0.135 e. The number of furan rings is 2. The van der Waals surface area contributed by atoms with E-state index >= 15 is 0 Å². The number of hydrogen-bond donors (Lipinski definition) is 0. The van der Waals surface area contributed by atoms with Crippen LogP contribution in [-0.2, 0) is 10.8 Å². The fourth-order valence-corrected chi connectivity index (χ4v) is 21.6. The molecule has 0 unspecified atom stereocenters. The van der Waals surface area contributed by atoms with Crippen molar-refractivity contribution in [3.8, 4) is 111 Å². The van der Waals surface area contributed by atoms with Crippen molar-refractivity contribution in [2.24, 2.45) is 0 Å². The second kappa shape index (κ2) is 27.5. The Hall–Kier alpha value is -15.5. The number of fused-ring (bicyclic) bond motifs is 22. The fraction of sp³-hybridized carbons (Fsp3) is 0.0492. The highest BCUT2D eigenvalue weighted by molar-refractivity contribution is 6.25. The van der Waals surface area contributed by atoms with E-state index in [1.54, 1.807) is 0 Å². The van der Waals surface area contributed by atoms with Crippen LogP contribution in [0, 0.1) is 0 Å². The molecule has 2 aliphatic carbocycles. The van der Waals surface area contributed by atoms with Crippen LogP contribution in [0.4, 0.5) is 0 Å². The Labute approximate surface area is 718 Å². The van der Waals surface area contributed by atoms with E-state index in [9.17, 15) is 0 Å². The molecule has 0 bridgehead atoms. The van der Waals surface area contributed by atoms with E-state index < -0.39 is 0 Å².